The van der Waals surface area contributed by atoms with Crippen molar-refractivity contribution >= 4 is 45.2 Å². The van der Waals surface area contributed by atoms with Crippen LogP contribution in [0.1, 0.15) is 22.8 Å². The molecule has 28 heavy (non-hydrogen) atoms. The Bertz CT molecular complexity index is 1120. The first-order valence-electron chi connectivity index (χ1n) is 8.80. The van der Waals surface area contributed by atoms with Gasteiger partial charge in [0.05, 0.1) is 11.5 Å². The van der Waals surface area contributed by atoms with Crippen LogP contribution in [0.3, 0.4) is 0 Å². The van der Waals surface area contributed by atoms with E-state index in [2.05, 4.69) is 16.3 Å². The number of hydrogen-bond acceptors (Lipinski definition) is 5. The Balaban J connectivity index is 1.62. The van der Waals surface area contributed by atoms with Gasteiger partial charge in [-0.15, -0.1) is 5.10 Å². The van der Waals surface area contributed by atoms with Crippen molar-refractivity contribution in [2.45, 2.75) is 6.92 Å². The number of fused-ring (bicyclic) bond motifs is 1. The molecular weight excluding hydrogens is 370 g/mol. The third kappa shape index (κ3) is 3.59. The van der Waals surface area contributed by atoms with Crippen LogP contribution in [0.25, 0.3) is 10.8 Å². The van der Waals surface area contributed by atoms with E-state index in [-0.39, 0.29) is 17.6 Å². The second kappa shape index (κ2) is 7.78. The molecule has 1 saturated heterocycles. The second-order valence-electron chi connectivity index (χ2n) is 6.32. The fourth-order valence-corrected chi connectivity index (χ4v) is 3.73. The van der Waals surface area contributed by atoms with Gasteiger partial charge in [0, 0.05) is 5.56 Å². The topological polar surface area (TPSA) is 62.1 Å². The molecule has 0 unspecified atom stereocenters. The molecular formula is C22H17N3O2S. The molecule has 3 aromatic rings. The minimum absolute atomic E-state index is 0.182. The van der Waals surface area contributed by atoms with Crippen LogP contribution < -0.4 is 0 Å². The summed E-state index contributed by atoms with van der Waals surface area (Å²) in [6.45, 7) is 1.86. The summed E-state index contributed by atoms with van der Waals surface area (Å²) in [5.41, 5.74) is 2.10. The van der Waals surface area contributed by atoms with Gasteiger partial charge in [0.25, 0.3) is 5.91 Å². The number of carbonyl (C=O) groups excluding carboxylic acids is 2. The third-order valence-corrected chi connectivity index (χ3v) is 5.36. The number of benzene rings is 3. The van der Waals surface area contributed by atoms with Crippen LogP contribution in [0.5, 0.6) is 0 Å². The Morgan fingerprint density at radius 1 is 0.929 bits per heavy atom. The molecule has 1 fully saturated rings. The minimum atomic E-state index is -0.382. The zero-order valence-electron chi connectivity index (χ0n) is 15.2. The smallest absolute Gasteiger partial charge is 0.266 e. The van der Waals surface area contributed by atoms with E-state index < -0.39 is 0 Å². The van der Waals surface area contributed by atoms with E-state index in [4.69, 9.17) is 0 Å². The molecule has 2 amide bonds. The zero-order valence-corrected chi connectivity index (χ0v) is 16.0. The van der Waals surface area contributed by atoms with Gasteiger partial charge in [-0.1, -0.05) is 66.4 Å². The molecule has 0 aliphatic carbocycles. The zero-order chi connectivity index (χ0) is 19.5. The van der Waals surface area contributed by atoms with Crippen LogP contribution in [-0.4, -0.2) is 33.3 Å². The fourth-order valence-electron chi connectivity index (χ4n) is 2.94. The highest BCUT2D eigenvalue weighted by Crippen LogP contribution is 2.22. The molecule has 0 spiro atoms. The van der Waals surface area contributed by atoms with Crippen molar-refractivity contribution in [3.05, 3.63) is 83.9 Å². The minimum Gasteiger partial charge on any atom is -0.273 e. The SMILES string of the molecule is C/C(=N/N=C1/SCC(=O)N1C(=O)c1ccccc1)c1ccc2ccccc2c1. The number of imide groups is 1. The Kier molecular flexibility index (Phi) is 5.04. The molecule has 1 heterocycles. The van der Waals surface area contributed by atoms with Crippen LogP contribution in [-0.2, 0) is 4.79 Å². The number of amidine groups is 1. The molecule has 4 rings (SSSR count). The molecule has 0 bridgehead atoms. The van der Waals surface area contributed by atoms with Crippen LogP contribution in [0.4, 0.5) is 0 Å². The number of nitrogens with zero attached hydrogens (tertiary/aromatic N) is 3. The summed E-state index contributed by atoms with van der Waals surface area (Å²) in [6, 6.07) is 22.9. The summed E-state index contributed by atoms with van der Waals surface area (Å²) in [6.07, 6.45) is 0. The fraction of sp³-hybridized carbons (Fsp3) is 0.0909. The normalized spacial score (nSPS) is 16.2. The van der Waals surface area contributed by atoms with Gasteiger partial charge in [0.15, 0.2) is 5.17 Å². The molecule has 3 aromatic carbocycles. The van der Waals surface area contributed by atoms with Gasteiger partial charge >= 0.3 is 0 Å². The maximum Gasteiger partial charge on any atom is 0.266 e. The third-order valence-electron chi connectivity index (χ3n) is 4.44. The van der Waals surface area contributed by atoms with E-state index >= 15 is 0 Å². The average Bonchev–Trinajstić information content (AvgIpc) is 3.12. The predicted molar refractivity (Wildman–Crippen MR) is 114 cm³/mol. The standard InChI is InChI=1S/C22H17N3O2S/c1-15(18-12-11-16-7-5-6-10-19(16)13-18)23-24-22-25(20(26)14-28-22)21(27)17-8-3-2-4-9-17/h2-13H,14H2,1H3/b23-15-,24-22+. The Morgan fingerprint density at radius 2 is 1.64 bits per heavy atom. The summed E-state index contributed by atoms with van der Waals surface area (Å²) >= 11 is 1.22. The molecule has 0 atom stereocenters. The van der Waals surface area contributed by atoms with Gasteiger partial charge in [-0.3, -0.25) is 9.59 Å². The highest BCUT2D eigenvalue weighted by atomic mass is 32.2. The summed E-state index contributed by atoms with van der Waals surface area (Å²) in [7, 11) is 0. The summed E-state index contributed by atoms with van der Waals surface area (Å²) in [5.74, 6) is -0.480. The first kappa shape index (κ1) is 18.1. The maximum atomic E-state index is 12.7. The van der Waals surface area contributed by atoms with Crippen LogP contribution >= 0.6 is 11.8 Å². The van der Waals surface area contributed by atoms with Crippen molar-refractivity contribution in [1.29, 1.82) is 0 Å². The van der Waals surface area contributed by atoms with Gasteiger partial charge in [0.2, 0.25) is 5.91 Å². The molecule has 6 heteroatoms. The van der Waals surface area contributed by atoms with Gasteiger partial charge < -0.3 is 0 Å². The average molecular weight is 387 g/mol. The largest absolute Gasteiger partial charge is 0.273 e. The van der Waals surface area contributed by atoms with E-state index in [1.165, 1.54) is 11.8 Å². The summed E-state index contributed by atoms with van der Waals surface area (Å²) in [5, 5.41) is 11.1. The number of rotatable bonds is 3. The maximum absolute atomic E-state index is 12.7. The Hall–Kier alpha value is -3.25. The molecule has 5 nitrogen and oxygen atoms in total. The van der Waals surface area contributed by atoms with Crippen molar-refractivity contribution in [2.24, 2.45) is 10.2 Å². The van der Waals surface area contributed by atoms with E-state index in [1.807, 2.05) is 49.4 Å². The summed E-state index contributed by atoms with van der Waals surface area (Å²) in [4.78, 5) is 26.0. The number of amides is 2. The lowest BCUT2D eigenvalue weighted by Crippen LogP contribution is -2.35. The monoisotopic (exact) mass is 387 g/mol. The molecule has 0 N–H and O–H groups in total. The predicted octanol–water partition coefficient (Wildman–Crippen LogP) is 4.34. The summed E-state index contributed by atoms with van der Waals surface area (Å²) < 4.78 is 0. The van der Waals surface area contributed by atoms with E-state index in [9.17, 15) is 9.59 Å². The Morgan fingerprint density at radius 3 is 2.43 bits per heavy atom. The van der Waals surface area contributed by atoms with Gasteiger partial charge in [-0.05, 0) is 41.5 Å². The van der Waals surface area contributed by atoms with Crippen LogP contribution in [0.2, 0.25) is 0 Å². The lowest BCUT2D eigenvalue weighted by Gasteiger charge is -2.13. The highest BCUT2D eigenvalue weighted by Gasteiger charge is 2.34. The highest BCUT2D eigenvalue weighted by molar-refractivity contribution is 8.15. The quantitative estimate of drug-likeness (QED) is 0.382. The molecule has 1 aliphatic rings. The molecule has 0 radical (unpaired) electrons. The van der Waals surface area contributed by atoms with Crippen molar-refractivity contribution in [3.8, 4) is 0 Å². The lowest BCUT2D eigenvalue weighted by molar-refractivity contribution is -0.122. The molecule has 138 valence electrons. The van der Waals surface area contributed by atoms with Crippen molar-refractivity contribution in [2.75, 3.05) is 5.75 Å². The second-order valence-corrected chi connectivity index (χ2v) is 7.26. The molecule has 1 aliphatic heterocycles. The van der Waals surface area contributed by atoms with Crippen molar-refractivity contribution < 1.29 is 9.59 Å². The van der Waals surface area contributed by atoms with Gasteiger partial charge in [-0.2, -0.15) is 5.10 Å². The van der Waals surface area contributed by atoms with Crippen molar-refractivity contribution in [1.82, 2.24) is 4.90 Å². The first-order valence-corrected chi connectivity index (χ1v) is 9.78. The van der Waals surface area contributed by atoms with E-state index in [0.29, 0.717) is 16.4 Å². The van der Waals surface area contributed by atoms with Crippen LogP contribution in [0.15, 0.2) is 83.0 Å². The van der Waals surface area contributed by atoms with E-state index in [0.717, 1.165) is 21.2 Å². The van der Waals surface area contributed by atoms with Gasteiger partial charge in [0.1, 0.15) is 0 Å². The van der Waals surface area contributed by atoms with Gasteiger partial charge in [-0.25, -0.2) is 4.90 Å². The number of hydrogen-bond donors (Lipinski definition) is 0. The van der Waals surface area contributed by atoms with Crippen LogP contribution in [0, 0.1) is 0 Å². The lowest BCUT2D eigenvalue weighted by atomic mass is 10.0. The first-order chi connectivity index (χ1) is 13.6. The number of thioether (sulfide) groups is 1. The molecule has 0 saturated carbocycles. The number of carbonyl (C=O) groups is 2. The van der Waals surface area contributed by atoms with Crippen molar-refractivity contribution in [3.63, 3.8) is 0 Å². The van der Waals surface area contributed by atoms with E-state index in [1.54, 1.807) is 24.3 Å². The molecule has 0 aromatic heterocycles. The Labute approximate surface area is 166 Å².